The Morgan fingerprint density at radius 3 is 2.33 bits per heavy atom. The molecule has 118 valence electrons. The molecule has 2 rings (SSSR count). The zero-order valence-electron chi connectivity index (χ0n) is 13.6. The number of hydrogen-bond acceptors (Lipinski definition) is 2. The minimum Gasteiger partial charge on any atom is -0.387 e. The van der Waals surface area contributed by atoms with E-state index in [2.05, 4.69) is 43.4 Å². The third kappa shape index (κ3) is 5.44. The van der Waals surface area contributed by atoms with Crippen molar-refractivity contribution in [2.45, 2.75) is 64.4 Å². The average Bonchev–Trinajstić information content (AvgIpc) is 3.00. The Balaban J connectivity index is 1.63. The fraction of sp³-hybridized carbons (Fsp3) is 0.684. The van der Waals surface area contributed by atoms with E-state index in [9.17, 15) is 5.11 Å². The van der Waals surface area contributed by atoms with Gasteiger partial charge >= 0.3 is 0 Å². The van der Waals surface area contributed by atoms with E-state index in [1.54, 1.807) is 0 Å². The zero-order chi connectivity index (χ0) is 15.1. The predicted molar refractivity (Wildman–Crippen MR) is 89.6 cm³/mol. The zero-order valence-corrected chi connectivity index (χ0v) is 13.6. The molecule has 0 saturated heterocycles. The van der Waals surface area contributed by atoms with E-state index in [0.29, 0.717) is 12.5 Å². The first kappa shape index (κ1) is 16.5. The van der Waals surface area contributed by atoms with Crippen molar-refractivity contribution in [3.8, 4) is 0 Å². The monoisotopic (exact) mass is 289 g/mol. The average molecular weight is 289 g/mol. The first-order chi connectivity index (χ1) is 10.2. The number of aliphatic hydroxyl groups is 1. The molecule has 1 fully saturated rings. The van der Waals surface area contributed by atoms with Crippen molar-refractivity contribution in [2.75, 3.05) is 13.1 Å². The van der Waals surface area contributed by atoms with Crippen molar-refractivity contribution < 1.29 is 5.11 Å². The summed E-state index contributed by atoms with van der Waals surface area (Å²) in [5, 5.41) is 13.6. The van der Waals surface area contributed by atoms with Crippen molar-refractivity contribution in [3.05, 3.63) is 35.4 Å². The summed E-state index contributed by atoms with van der Waals surface area (Å²) in [6.45, 7) is 6.07. The molecule has 1 aliphatic carbocycles. The van der Waals surface area contributed by atoms with Crippen molar-refractivity contribution in [1.82, 2.24) is 5.32 Å². The van der Waals surface area contributed by atoms with E-state index in [4.69, 9.17) is 0 Å². The highest BCUT2D eigenvalue weighted by atomic mass is 16.3. The summed E-state index contributed by atoms with van der Waals surface area (Å²) in [5.74, 6) is 1.52. The van der Waals surface area contributed by atoms with Gasteiger partial charge < -0.3 is 10.4 Å². The summed E-state index contributed by atoms with van der Waals surface area (Å²) < 4.78 is 0. The van der Waals surface area contributed by atoms with Crippen molar-refractivity contribution in [2.24, 2.45) is 5.92 Å². The van der Waals surface area contributed by atoms with Crippen LogP contribution in [0.2, 0.25) is 0 Å². The second kappa shape index (κ2) is 8.55. The SMILES string of the molecule is CC(C)c1ccc(C(O)CNCCCC2CCCC2)cc1. The van der Waals surface area contributed by atoms with E-state index in [1.807, 2.05) is 0 Å². The first-order valence-electron chi connectivity index (χ1n) is 8.65. The van der Waals surface area contributed by atoms with Crippen LogP contribution in [-0.2, 0) is 0 Å². The van der Waals surface area contributed by atoms with Gasteiger partial charge in [0.1, 0.15) is 0 Å². The molecule has 1 unspecified atom stereocenters. The molecule has 2 heteroatoms. The molecule has 0 aromatic heterocycles. The predicted octanol–water partition coefficient (Wildman–Crippen LogP) is 4.40. The second-order valence-electron chi connectivity index (χ2n) is 6.83. The molecule has 1 aromatic rings. The van der Waals surface area contributed by atoms with Crippen LogP contribution in [0.15, 0.2) is 24.3 Å². The van der Waals surface area contributed by atoms with Gasteiger partial charge in [-0.3, -0.25) is 0 Å². The van der Waals surface area contributed by atoms with Crippen LogP contribution in [0.4, 0.5) is 0 Å². The lowest BCUT2D eigenvalue weighted by molar-refractivity contribution is 0.174. The van der Waals surface area contributed by atoms with Gasteiger partial charge in [-0.1, -0.05) is 63.8 Å². The van der Waals surface area contributed by atoms with E-state index in [-0.39, 0.29) is 0 Å². The molecule has 2 N–H and O–H groups in total. The fourth-order valence-electron chi connectivity index (χ4n) is 3.27. The number of hydrogen-bond donors (Lipinski definition) is 2. The van der Waals surface area contributed by atoms with E-state index in [1.165, 1.54) is 44.1 Å². The summed E-state index contributed by atoms with van der Waals surface area (Å²) in [6.07, 6.45) is 7.94. The lowest BCUT2D eigenvalue weighted by Gasteiger charge is -2.14. The van der Waals surface area contributed by atoms with Crippen molar-refractivity contribution in [3.63, 3.8) is 0 Å². The quantitative estimate of drug-likeness (QED) is 0.695. The number of nitrogens with one attached hydrogen (secondary N) is 1. The summed E-state index contributed by atoms with van der Waals surface area (Å²) in [4.78, 5) is 0. The molecule has 0 amide bonds. The Morgan fingerprint density at radius 1 is 1.10 bits per heavy atom. The van der Waals surface area contributed by atoms with Gasteiger partial charge in [0.15, 0.2) is 0 Å². The molecule has 1 saturated carbocycles. The van der Waals surface area contributed by atoms with Gasteiger partial charge in [0.2, 0.25) is 0 Å². The molecule has 21 heavy (non-hydrogen) atoms. The topological polar surface area (TPSA) is 32.3 Å². The smallest absolute Gasteiger partial charge is 0.0914 e. The molecule has 0 heterocycles. The third-order valence-electron chi connectivity index (χ3n) is 4.77. The number of rotatable bonds is 8. The van der Waals surface area contributed by atoms with Gasteiger partial charge in [-0.05, 0) is 42.3 Å². The Labute approximate surface area is 130 Å². The number of benzene rings is 1. The minimum absolute atomic E-state index is 0.391. The molecule has 0 radical (unpaired) electrons. The van der Waals surface area contributed by atoms with E-state index >= 15 is 0 Å². The second-order valence-corrected chi connectivity index (χ2v) is 6.83. The van der Waals surface area contributed by atoms with Gasteiger partial charge in [-0.15, -0.1) is 0 Å². The highest BCUT2D eigenvalue weighted by Gasteiger charge is 2.14. The molecular formula is C19H31NO. The standard InChI is InChI=1S/C19H31NO/c1-15(2)17-9-11-18(12-10-17)19(21)14-20-13-5-8-16-6-3-4-7-16/h9-12,15-16,19-21H,3-8,13-14H2,1-2H3. The van der Waals surface area contributed by atoms with Crippen LogP contribution in [0.3, 0.4) is 0 Å². The Hall–Kier alpha value is -0.860. The molecule has 0 bridgehead atoms. The number of aliphatic hydroxyl groups excluding tert-OH is 1. The van der Waals surface area contributed by atoms with Crippen LogP contribution in [0.1, 0.15) is 75.5 Å². The van der Waals surface area contributed by atoms with Crippen molar-refractivity contribution in [1.29, 1.82) is 0 Å². The third-order valence-corrected chi connectivity index (χ3v) is 4.77. The Morgan fingerprint density at radius 2 is 1.71 bits per heavy atom. The van der Waals surface area contributed by atoms with Crippen LogP contribution >= 0.6 is 0 Å². The maximum absolute atomic E-state index is 10.2. The van der Waals surface area contributed by atoms with Crippen LogP contribution < -0.4 is 5.32 Å². The van der Waals surface area contributed by atoms with Crippen LogP contribution in [0.25, 0.3) is 0 Å². The van der Waals surface area contributed by atoms with Gasteiger partial charge in [-0.2, -0.15) is 0 Å². The van der Waals surface area contributed by atoms with Gasteiger partial charge in [0.25, 0.3) is 0 Å². The van der Waals surface area contributed by atoms with E-state index in [0.717, 1.165) is 18.0 Å². The maximum atomic E-state index is 10.2. The van der Waals surface area contributed by atoms with Gasteiger partial charge in [0.05, 0.1) is 6.10 Å². The maximum Gasteiger partial charge on any atom is 0.0914 e. The molecule has 0 spiro atoms. The molecule has 0 aliphatic heterocycles. The highest BCUT2D eigenvalue weighted by Crippen LogP contribution is 2.28. The van der Waals surface area contributed by atoms with Crippen LogP contribution in [0.5, 0.6) is 0 Å². The fourth-order valence-corrected chi connectivity index (χ4v) is 3.27. The Bertz CT molecular complexity index is 393. The summed E-state index contributed by atoms with van der Waals surface area (Å²) in [7, 11) is 0. The molecule has 1 aromatic carbocycles. The minimum atomic E-state index is -0.391. The van der Waals surface area contributed by atoms with Crippen LogP contribution in [-0.4, -0.2) is 18.2 Å². The Kier molecular flexibility index (Phi) is 6.72. The van der Waals surface area contributed by atoms with Crippen molar-refractivity contribution >= 4 is 0 Å². The normalized spacial score (nSPS) is 17.5. The van der Waals surface area contributed by atoms with Gasteiger partial charge in [-0.25, -0.2) is 0 Å². The van der Waals surface area contributed by atoms with Gasteiger partial charge in [0, 0.05) is 6.54 Å². The summed E-state index contributed by atoms with van der Waals surface area (Å²) >= 11 is 0. The molecule has 1 aliphatic rings. The lowest BCUT2D eigenvalue weighted by Crippen LogP contribution is -2.22. The highest BCUT2D eigenvalue weighted by molar-refractivity contribution is 5.26. The first-order valence-corrected chi connectivity index (χ1v) is 8.65. The molecular weight excluding hydrogens is 258 g/mol. The summed E-state index contributed by atoms with van der Waals surface area (Å²) in [5.41, 5.74) is 2.35. The molecule has 2 nitrogen and oxygen atoms in total. The summed E-state index contributed by atoms with van der Waals surface area (Å²) in [6, 6.07) is 8.37. The van der Waals surface area contributed by atoms with E-state index < -0.39 is 6.10 Å². The molecule has 1 atom stereocenters. The lowest BCUT2D eigenvalue weighted by atomic mass is 10.00. The van der Waals surface area contributed by atoms with Crippen LogP contribution in [0, 0.1) is 5.92 Å². The largest absolute Gasteiger partial charge is 0.387 e.